The summed E-state index contributed by atoms with van der Waals surface area (Å²) in [6, 6.07) is 3.42. The Kier molecular flexibility index (Phi) is 5.31. The van der Waals surface area contributed by atoms with Crippen LogP contribution in [0.15, 0.2) is 28.0 Å². The number of carboxylic acid groups (broad SMARTS) is 1. The summed E-state index contributed by atoms with van der Waals surface area (Å²) in [5.74, 6) is -1.19. The van der Waals surface area contributed by atoms with Crippen LogP contribution in [-0.2, 0) is 24.7 Å². The van der Waals surface area contributed by atoms with E-state index in [1.54, 1.807) is 0 Å². The molecule has 0 bridgehead atoms. The summed E-state index contributed by atoms with van der Waals surface area (Å²) in [5.41, 5.74) is 0. The average Bonchev–Trinajstić information content (AvgIpc) is 2.36. The van der Waals surface area contributed by atoms with Crippen molar-refractivity contribution >= 4 is 25.8 Å². The number of hydrogen-bond acceptors (Lipinski definition) is 6. The Hall–Kier alpha value is -1.65. The maximum atomic E-state index is 12.1. The molecule has 0 spiro atoms. The summed E-state index contributed by atoms with van der Waals surface area (Å²) >= 11 is 0. The van der Waals surface area contributed by atoms with Gasteiger partial charge in [-0.05, 0) is 18.2 Å². The number of benzene rings is 1. The van der Waals surface area contributed by atoms with Crippen molar-refractivity contribution in [3.8, 4) is 5.75 Å². The summed E-state index contributed by atoms with van der Waals surface area (Å²) < 4.78 is 54.1. The highest BCUT2D eigenvalue weighted by atomic mass is 32.2. The molecule has 0 aromatic heterocycles. The van der Waals surface area contributed by atoms with E-state index in [-0.39, 0.29) is 22.1 Å². The third-order valence-electron chi connectivity index (χ3n) is 2.48. The lowest BCUT2D eigenvalue weighted by Gasteiger charge is -2.11. The fraction of sp³-hybridized carbons (Fsp3) is 0.364. The molecule has 21 heavy (non-hydrogen) atoms. The second-order valence-corrected chi connectivity index (χ2v) is 7.88. The summed E-state index contributed by atoms with van der Waals surface area (Å²) in [6.45, 7) is -0.316. The van der Waals surface area contributed by atoms with Crippen LogP contribution in [0.1, 0.15) is 6.42 Å². The molecule has 0 fully saturated rings. The fourth-order valence-corrected chi connectivity index (χ4v) is 3.41. The van der Waals surface area contributed by atoms with Gasteiger partial charge in [0.15, 0.2) is 9.84 Å². The normalized spacial score (nSPS) is 12.1. The molecular weight excluding hydrogens is 322 g/mol. The van der Waals surface area contributed by atoms with Gasteiger partial charge in [0.2, 0.25) is 10.0 Å². The number of sulfone groups is 1. The quantitative estimate of drug-likeness (QED) is 0.708. The van der Waals surface area contributed by atoms with Gasteiger partial charge in [0.25, 0.3) is 0 Å². The summed E-state index contributed by atoms with van der Waals surface area (Å²) in [6.07, 6.45) is 0.552. The minimum atomic E-state index is -4.08. The van der Waals surface area contributed by atoms with Crippen LogP contribution in [0.5, 0.6) is 5.75 Å². The molecule has 0 aliphatic rings. The number of nitrogens with one attached hydrogen (secondary N) is 1. The number of aliphatic carboxylic acids is 1. The van der Waals surface area contributed by atoms with Crippen molar-refractivity contribution in [2.75, 3.05) is 19.9 Å². The van der Waals surface area contributed by atoms with E-state index < -0.39 is 32.3 Å². The van der Waals surface area contributed by atoms with E-state index in [1.807, 2.05) is 0 Å². The molecule has 0 saturated heterocycles. The standard InChI is InChI=1S/C11H15NO7S2/c1-19-9-4-3-8(20(2,15)16)7-10(9)21(17,18)12-6-5-11(13)14/h3-4,7,12H,5-6H2,1-2H3,(H,13,14). The highest BCUT2D eigenvalue weighted by Crippen LogP contribution is 2.26. The topological polar surface area (TPSA) is 127 Å². The van der Waals surface area contributed by atoms with Gasteiger partial charge in [-0.25, -0.2) is 21.6 Å². The largest absolute Gasteiger partial charge is 0.495 e. The number of ether oxygens (including phenoxy) is 1. The second-order valence-electron chi connectivity index (χ2n) is 4.13. The minimum absolute atomic E-state index is 0.0368. The molecule has 0 aliphatic heterocycles. The zero-order valence-electron chi connectivity index (χ0n) is 11.4. The fourth-order valence-electron chi connectivity index (χ4n) is 1.47. The van der Waals surface area contributed by atoms with Crippen molar-refractivity contribution in [1.82, 2.24) is 4.72 Å². The number of sulfonamides is 1. The van der Waals surface area contributed by atoms with E-state index in [9.17, 15) is 21.6 Å². The van der Waals surface area contributed by atoms with Crippen molar-refractivity contribution < 1.29 is 31.5 Å². The molecule has 118 valence electrons. The zero-order chi connectivity index (χ0) is 16.3. The van der Waals surface area contributed by atoms with Crippen LogP contribution in [0.3, 0.4) is 0 Å². The van der Waals surface area contributed by atoms with E-state index >= 15 is 0 Å². The number of methoxy groups -OCH3 is 1. The third kappa shape index (κ3) is 4.69. The Morgan fingerprint density at radius 1 is 1.29 bits per heavy atom. The van der Waals surface area contributed by atoms with Crippen LogP contribution < -0.4 is 9.46 Å². The van der Waals surface area contributed by atoms with Crippen molar-refractivity contribution in [3.05, 3.63) is 18.2 Å². The van der Waals surface area contributed by atoms with Crippen LogP contribution in [0, 0.1) is 0 Å². The Bertz CT molecular complexity index is 738. The van der Waals surface area contributed by atoms with Gasteiger partial charge in [-0.2, -0.15) is 0 Å². The lowest BCUT2D eigenvalue weighted by atomic mass is 10.3. The first-order valence-electron chi connectivity index (χ1n) is 5.67. The SMILES string of the molecule is COc1ccc(S(C)(=O)=O)cc1S(=O)(=O)NCCC(=O)O. The van der Waals surface area contributed by atoms with Crippen LogP contribution in [0.2, 0.25) is 0 Å². The molecule has 1 aromatic carbocycles. The maximum Gasteiger partial charge on any atom is 0.304 e. The van der Waals surface area contributed by atoms with Gasteiger partial charge in [0.1, 0.15) is 10.6 Å². The predicted molar refractivity (Wildman–Crippen MR) is 73.5 cm³/mol. The molecule has 0 heterocycles. The van der Waals surface area contributed by atoms with Gasteiger partial charge in [-0.1, -0.05) is 0 Å². The average molecular weight is 337 g/mol. The molecule has 0 atom stereocenters. The smallest absolute Gasteiger partial charge is 0.304 e. The molecule has 1 aromatic rings. The first-order valence-corrected chi connectivity index (χ1v) is 9.05. The summed E-state index contributed by atoms with van der Waals surface area (Å²) in [5, 5.41) is 8.49. The number of hydrogen-bond donors (Lipinski definition) is 2. The predicted octanol–water partition coefficient (Wildman–Crippen LogP) is -0.148. The highest BCUT2D eigenvalue weighted by Gasteiger charge is 2.22. The van der Waals surface area contributed by atoms with E-state index in [0.717, 1.165) is 12.3 Å². The summed E-state index contributed by atoms with van der Waals surface area (Å²) in [7, 11) is -6.43. The van der Waals surface area contributed by atoms with Gasteiger partial charge in [0, 0.05) is 12.8 Å². The van der Waals surface area contributed by atoms with E-state index in [0.29, 0.717) is 0 Å². The Morgan fingerprint density at radius 2 is 1.90 bits per heavy atom. The zero-order valence-corrected chi connectivity index (χ0v) is 13.0. The van der Waals surface area contributed by atoms with E-state index in [2.05, 4.69) is 4.72 Å². The van der Waals surface area contributed by atoms with Crippen molar-refractivity contribution in [1.29, 1.82) is 0 Å². The second kappa shape index (κ2) is 6.41. The van der Waals surface area contributed by atoms with Crippen molar-refractivity contribution in [2.45, 2.75) is 16.2 Å². The summed E-state index contributed by atoms with van der Waals surface area (Å²) in [4.78, 5) is 9.85. The molecule has 10 heteroatoms. The first-order chi connectivity index (χ1) is 9.58. The lowest BCUT2D eigenvalue weighted by molar-refractivity contribution is -0.136. The molecular formula is C11H15NO7S2. The number of carboxylic acids is 1. The van der Waals surface area contributed by atoms with Gasteiger partial charge >= 0.3 is 5.97 Å². The molecule has 8 nitrogen and oxygen atoms in total. The minimum Gasteiger partial charge on any atom is -0.495 e. The van der Waals surface area contributed by atoms with Gasteiger partial charge in [-0.15, -0.1) is 0 Å². The highest BCUT2D eigenvalue weighted by molar-refractivity contribution is 7.91. The van der Waals surface area contributed by atoms with Crippen molar-refractivity contribution in [3.63, 3.8) is 0 Å². The van der Waals surface area contributed by atoms with Crippen LogP contribution >= 0.6 is 0 Å². The monoisotopic (exact) mass is 337 g/mol. The lowest BCUT2D eigenvalue weighted by Crippen LogP contribution is -2.26. The van der Waals surface area contributed by atoms with Crippen LogP contribution in [0.25, 0.3) is 0 Å². The molecule has 0 aliphatic carbocycles. The van der Waals surface area contributed by atoms with Crippen molar-refractivity contribution in [2.24, 2.45) is 0 Å². The first kappa shape index (κ1) is 17.4. The molecule has 0 unspecified atom stereocenters. The van der Waals surface area contributed by atoms with Gasteiger partial charge in [-0.3, -0.25) is 4.79 Å². The van der Waals surface area contributed by atoms with Crippen LogP contribution in [0.4, 0.5) is 0 Å². The van der Waals surface area contributed by atoms with Gasteiger partial charge in [0.05, 0.1) is 18.4 Å². The Labute approximate surface area is 122 Å². The molecule has 1 rings (SSSR count). The van der Waals surface area contributed by atoms with E-state index in [4.69, 9.17) is 9.84 Å². The molecule has 2 N–H and O–H groups in total. The number of rotatable bonds is 7. The van der Waals surface area contributed by atoms with E-state index in [1.165, 1.54) is 19.2 Å². The maximum absolute atomic E-state index is 12.1. The molecule has 0 saturated carbocycles. The Morgan fingerprint density at radius 3 is 2.38 bits per heavy atom. The molecule has 0 radical (unpaired) electrons. The van der Waals surface area contributed by atoms with Crippen LogP contribution in [-0.4, -0.2) is 47.8 Å². The Balaban J connectivity index is 3.23. The van der Waals surface area contributed by atoms with Gasteiger partial charge < -0.3 is 9.84 Å². The number of carbonyl (C=O) groups is 1. The molecule has 0 amide bonds. The third-order valence-corrected chi connectivity index (χ3v) is 5.08.